The molecular weight excluding hydrogens is 178 g/mol. The van der Waals surface area contributed by atoms with Crippen molar-refractivity contribution in [3.8, 4) is 0 Å². The summed E-state index contributed by atoms with van der Waals surface area (Å²) in [5, 5.41) is 0. The highest BCUT2D eigenvalue weighted by atomic mass is 32.1. The minimum Gasteiger partial charge on any atom is -0.249 e. The van der Waals surface area contributed by atoms with Crippen LogP contribution in [0.2, 0.25) is 0 Å². The fourth-order valence-electron chi connectivity index (χ4n) is 2.07. The summed E-state index contributed by atoms with van der Waals surface area (Å²) in [4.78, 5) is 0. The second kappa shape index (κ2) is 4.05. The maximum atomic E-state index is 4.40. The van der Waals surface area contributed by atoms with Gasteiger partial charge in [-0.25, -0.2) is 4.31 Å². The van der Waals surface area contributed by atoms with Crippen molar-refractivity contribution >= 4 is 12.8 Å². The van der Waals surface area contributed by atoms with E-state index in [1.54, 1.807) is 5.57 Å². The Hall–Kier alpha value is 0.0500. The Labute approximate surface area is 87.7 Å². The molecule has 76 valence electrons. The summed E-state index contributed by atoms with van der Waals surface area (Å²) in [6.07, 6.45) is 3.57. The lowest BCUT2D eigenvalue weighted by molar-refractivity contribution is 0.333. The number of hydrogen-bond donors (Lipinski definition) is 1. The first-order valence-corrected chi connectivity index (χ1v) is 5.49. The third-order valence-electron chi connectivity index (χ3n) is 2.75. The Morgan fingerprint density at radius 3 is 2.62 bits per heavy atom. The highest BCUT2D eigenvalue weighted by Gasteiger charge is 2.27. The van der Waals surface area contributed by atoms with Crippen LogP contribution in [0, 0.1) is 11.3 Å². The Morgan fingerprint density at radius 2 is 2.15 bits per heavy atom. The zero-order valence-corrected chi connectivity index (χ0v) is 10.1. The van der Waals surface area contributed by atoms with Gasteiger partial charge in [0.15, 0.2) is 0 Å². The van der Waals surface area contributed by atoms with Crippen molar-refractivity contribution in [2.45, 2.75) is 34.1 Å². The standard InChI is InChI=1S/C11H21NS/c1-5-9-8-12(13)7-6-10(9)11(2,3)4/h6,9,13H,5,7-8H2,1-4H3. The molecule has 1 nitrogen and oxygen atoms in total. The van der Waals surface area contributed by atoms with Crippen molar-refractivity contribution in [1.29, 1.82) is 0 Å². The number of nitrogens with zero attached hydrogens (tertiary/aromatic N) is 1. The van der Waals surface area contributed by atoms with Gasteiger partial charge in [-0.2, -0.15) is 0 Å². The number of hydrogen-bond acceptors (Lipinski definition) is 2. The lowest BCUT2D eigenvalue weighted by Gasteiger charge is -2.36. The van der Waals surface area contributed by atoms with Gasteiger partial charge in [0.1, 0.15) is 0 Å². The summed E-state index contributed by atoms with van der Waals surface area (Å²) in [6, 6.07) is 0. The molecule has 1 heterocycles. The van der Waals surface area contributed by atoms with Crippen molar-refractivity contribution < 1.29 is 0 Å². The van der Waals surface area contributed by atoms with Crippen molar-refractivity contribution in [3.05, 3.63) is 11.6 Å². The van der Waals surface area contributed by atoms with Crippen LogP contribution in [0.1, 0.15) is 34.1 Å². The van der Waals surface area contributed by atoms with Crippen molar-refractivity contribution in [3.63, 3.8) is 0 Å². The second-order valence-corrected chi connectivity index (χ2v) is 5.45. The first kappa shape index (κ1) is 11.1. The van der Waals surface area contributed by atoms with E-state index >= 15 is 0 Å². The van der Waals surface area contributed by atoms with Crippen LogP contribution in [-0.2, 0) is 0 Å². The van der Waals surface area contributed by atoms with Gasteiger partial charge in [0.2, 0.25) is 0 Å². The smallest absolute Gasteiger partial charge is 0.0271 e. The fraction of sp³-hybridized carbons (Fsp3) is 0.818. The van der Waals surface area contributed by atoms with Crippen LogP contribution in [-0.4, -0.2) is 17.4 Å². The van der Waals surface area contributed by atoms with Crippen molar-refractivity contribution in [2.24, 2.45) is 11.3 Å². The average Bonchev–Trinajstić information content (AvgIpc) is 2.01. The van der Waals surface area contributed by atoms with Gasteiger partial charge in [-0.1, -0.05) is 52.2 Å². The van der Waals surface area contributed by atoms with E-state index < -0.39 is 0 Å². The van der Waals surface area contributed by atoms with Crippen molar-refractivity contribution in [2.75, 3.05) is 13.1 Å². The normalized spacial score (nSPS) is 25.9. The summed E-state index contributed by atoms with van der Waals surface area (Å²) >= 11 is 4.40. The van der Waals surface area contributed by atoms with Crippen LogP contribution in [0.25, 0.3) is 0 Å². The van der Waals surface area contributed by atoms with Gasteiger partial charge in [0.05, 0.1) is 0 Å². The lowest BCUT2D eigenvalue weighted by atomic mass is 9.76. The third kappa shape index (κ3) is 2.75. The molecule has 0 bridgehead atoms. The molecule has 0 fully saturated rings. The molecule has 1 rings (SSSR count). The third-order valence-corrected chi connectivity index (χ3v) is 3.08. The Morgan fingerprint density at radius 1 is 1.54 bits per heavy atom. The molecule has 0 aromatic rings. The number of thiol groups is 1. The van der Waals surface area contributed by atoms with Gasteiger partial charge in [-0.05, 0) is 17.8 Å². The van der Waals surface area contributed by atoms with Gasteiger partial charge in [-0.3, -0.25) is 0 Å². The van der Waals surface area contributed by atoms with Gasteiger partial charge in [-0.15, -0.1) is 0 Å². The zero-order chi connectivity index (χ0) is 10.1. The number of rotatable bonds is 1. The topological polar surface area (TPSA) is 3.24 Å². The minimum absolute atomic E-state index is 0.329. The van der Waals surface area contributed by atoms with Crippen LogP contribution >= 0.6 is 12.8 Å². The highest BCUT2D eigenvalue weighted by Crippen LogP contribution is 2.35. The molecule has 0 spiro atoms. The quantitative estimate of drug-likeness (QED) is 0.501. The first-order valence-electron chi connectivity index (χ1n) is 5.09. The summed E-state index contributed by atoms with van der Waals surface area (Å²) in [7, 11) is 0. The molecular formula is C11H21NS. The van der Waals surface area contributed by atoms with E-state index in [0.29, 0.717) is 11.3 Å². The largest absolute Gasteiger partial charge is 0.249 e. The maximum Gasteiger partial charge on any atom is 0.0271 e. The van der Waals surface area contributed by atoms with E-state index in [9.17, 15) is 0 Å². The van der Waals surface area contributed by atoms with E-state index in [2.05, 4.69) is 50.9 Å². The van der Waals surface area contributed by atoms with Gasteiger partial charge in [0.25, 0.3) is 0 Å². The molecule has 0 aromatic carbocycles. The molecule has 0 N–H and O–H groups in total. The Balaban J connectivity index is 2.81. The SMILES string of the molecule is CCC1CN(S)CC=C1C(C)(C)C. The molecule has 0 aliphatic carbocycles. The fourth-order valence-corrected chi connectivity index (χ4v) is 2.34. The average molecular weight is 199 g/mol. The highest BCUT2D eigenvalue weighted by molar-refractivity contribution is 7.77. The van der Waals surface area contributed by atoms with Gasteiger partial charge < -0.3 is 0 Å². The van der Waals surface area contributed by atoms with Gasteiger partial charge >= 0.3 is 0 Å². The monoisotopic (exact) mass is 199 g/mol. The van der Waals surface area contributed by atoms with E-state index in [0.717, 1.165) is 13.1 Å². The first-order chi connectivity index (χ1) is 5.95. The van der Waals surface area contributed by atoms with Crippen LogP contribution in [0.4, 0.5) is 0 Å². The zero-order valence-electron chi connectivity index (χ0n) is 9.17. The predicted molar refractivity (Wildman–Crippen MR) is 61.9 cm³/mol. The summed E-state index contributed by atoms with van der Waals surface area (Å²) in [5.74, 6) is 0.700. The second-order valence-electron chi connectivity index (χ2n) is 4.89. The molecule has 1 unspecified atom stereocenters. The van der Waals surface area contributed by atoms with E-state index in [4.69, 9.17) is 0 Å². The van der Waals surface area contributed by atoms with Crippen molar-refractivity contribution in [1.82, 2.24) is 4.31 Å². The molecule has 0 aromatic heterocycles. The minimum atomic E-state index is 0.329. The van der Waals surface area contributed by atoms with Crippen LogP contribution in [0.15, 0.2) is 11.6 Å². The Kier molecular flexibility index (Phi) is 3.47. The molecule has 0 saturated heterocycles. The molecule has 2 heteroatoms. The van der Waals surface area contributed by atoms with Gasteiger partial charge in [0, 0.05) is 13.1 Å². The maximum absolute atomic E-state index is 4.40. The molecule has 0 amide bonds. The molecule has 0 radical (unpaired) electrons. The van der Waals surface area contributed by atoms with Crippen LogP contribution < -0.4 is 0 Å². The molecule has 13 heavy (non-hydrogen) atoms. The lowest BCUT2D eigenvalue weighted by Crippen LogP contribution is -2.32. The van der Waals surface area contributed by atoms with Crippen LogP contribution in [0.5, 0.6) is 0 Å². The van der Waals surface area contributed by atoms with E-state index in [-0.39, 0.29) is 0 Å². The van der Waals surface area contributed by atoms with E-state index in [1.165, 1.54) is 6.42 Å². The predicted octanol–water partition coefficient (Wildman–Crippen LogP) is 3.15. The summed E-state index contributed by atoms with van der Waals surface area (Å²) < 4.78 is 2.10. The molecule has 1 atom stereocenters. The van der Waals surface area contributed by atoms with Crippen LogP contribution in [0.3, 0.4) is 0 Å². The summed E-state index contributed by atoms with van der Waals surface area (Å²) in [6.45, 7) is 11.3. The molecule has 1 aliphatic heterocycles. The molecule has 0 saturated carbocycles. The summed E-state index contributed by atoms with van der Waals surface area (Å²) in [5.41, 5.74) is 1.94. The molecule has 1 aliphatic rings. The van der Waals surface area contributed by atoms with E-state index in [1.807, 2.05) is 0 Å². The Bertz CT molecular complexity index is 203.